The highest BCUT2D eigenvalue weighted by Crippen LogP contribution is 2.38. The molecular weight excluding hydrogens is 889 g/mol. The molecule has 0 heterocycles. The van der Waals surface area contributed by atoms with Gasteiger partial charge < -0.3 is 14.2 Å². The van der Waals surface area contributed by atoms with Crippen molar-refractivity contribution in [3.63, 3.8) is 0 Å². The molecule has 0 radical (unpaired) electrons. The molecule has 72 heavy (non-hydrogen) atoms. The van der Waals surface area contributed by atoms with Crippen LogP contribution in [-0.2, 0) is 28.6 Å². The third kappa shape index (κ3) is 25.8. The van der Waals surface area contributed by atoms with Gasteiger partial charge in [0.2, 0.25) is 0 Å². The molecule has 392 valence electrons. The van der Waals surface area contributed by atoms with Crippen molar-refractivity contribution in [1.82, 2.24) is 0 Å². The van der Waals surface area contributed by atoms with Gasteiger partial charge in [0.05, 0.1) is 17.8 Å². The normalized spacial score (nSPS) is 21.8. The molecule has 3 aliphatic rings. The summed E-state index contributed by atoms with van der Waals surface area (Å²) in [5.74, 6) is -2.04. The van der Waals surface area contributed by atoms with Crippen molar-refractivity contribution in [3.05, 3.63) is 182 Å². The Hall–Kier alpha value is -5.49. The van der Waals surface area contributed by atoms with Crippen LogP contribution in [0.2, 0.25) is 0 Å². The zero-order valence-corrected chi connectivity index (χ0v) is 45.2. The van der Waals surface area contributed by atoms with E-state index in [9.17, 15) is 14.4 Å². The minimum atomic E-state index is -0.924. The first-order valence-electron chi connectivity index (χ1n) is 27.5. The van der Waals surface area contributed by atoms with Crippen LogP contribution in [0.15, 0.2) is 182 Å². The summed E-state index contributed by atoms with van der Waals surface area (Å²) in [5.41, 5.74) is -0.576. The maximum Gasteiger partial charge on any atom is 0.309 e. The zero-order valence-electron chi connectivity index (χ0n) is 45.2. The van der Waals surface area contributed by atoms with Crippen LogP contribution in [0.5, 0.6) is 0 Å². The van der Waals surface area contributed by atoms with Crippen molar-refractivity contribution in [2.75, 3.05) is 13.2 Å². The minimum absolute atomic E-state index is 0.137. The average Bonchev–Trinajstić information content (AvgIpc) is 3.38. The third-order valence-corrected chi connectivity index (χ3v) is 13.4. The average molecular weight is 981 g/mol. The van der Waals surface area contributed by atoms with E-state index in [1.54, 1.807) is 0 Å². The van der Waals surface area contributed by atoms with Gasteiger partial charge in [-0.15, -0.1) is 0 Å². The van der Waals surface area contributed by atoms with Crippen molar-refractivity contribution in [3.8, 4) is 0 Å². The number of esters is 3. The molecule has 0 aliphatic heterocycles. The van der Waals surface area contributed by atoms with Crippen LogP contribution in [0, 0.1) is 34.0 Å². The highest BCUT2D eigenvalue weighted by molar-refractivity contribution is 5.74. The molecule has 6 heteroatoms. The van der Waals surface area contributed by atoms with Crippen molar-refractivity contribution in [1.29, 1.82) is 0 Å². The second-order valence-corrected chi connectivity index (χ2v) is 19.8. The Morgan fingerprint density at radius 1 is 0.431 bits per heavy atom. The molecule has 3 aliphatic carbocycles. The summed E-state index contributed by atoms with van der Waals surface area (Å²) in [7, 11) is 0. The van der Waals surface area contributed by atoms with E-state index in [1.165, 1.54) is 0 Å². The second kappa shape index (κ2) is 36.4. The summed E-state index contributed by atoms with van der Waals surface area (Å²) in [6, 6.07) is 0. The quantitative estimate of drug-likeness (QED) is 0.0391. The molecule has 0 bridgehead atoms. The largest absolute Gasteiger partial charge is 0.461 e. The van der Waals surface area contributed by atoms with Gasteiger partial charge in [-0.05, 0) is 129 Å². The number of hydrogen-bond donors (Lipinski definition) is 0. The Bertz CT molecular complexity index is 2000. The molecule has 0 fully saturated rings. The number of carbonyl (C=O) groups excluding carboxylic acids is 3. The summed E-state index contributed by atoms with van der Waals surface area (Å²) in [5, 5.41) is 0. The van der Waals surface area contributed by atoms with Crippen LogP contribution in [0.3, 0.4) is 0 Å². The second-order valence-electron chi connectivity index (χ2n) is 19.8. The Kier molecular flexibility index (Phi) is 30.8. The monoisotopic (exact) mass is 981 g/mol. The fourth-order valence-electron chi connectivity index (χ4n) is 8.57. The van der Waals surface area contributed by atoms with Crippen LogP contribution in [-0.4, -0.2) is 37.2 Å². The van der Waals surface area contributed by atoms with Crippen LogP contribution in [0.1, 0.15) is 157 Å². The van der Waals surface area contributed by atoms with Gasteiger partial charge in [0.1, 0.15) is 13.2 Å². The van der Waals surface area contributed by atoms with Crippen LogP contribution >= 0.6 is 0 Å². The van der Waals surface area contributed by atoms with Crippen molar-refractivity contribution in [2.45, 2.75) is 163 Å². The third-order valence-electron chi connectivity index (χ3n) is 13.4. The maximum absolute atomic E-state index is 13.8. The number of ether oxygens (including phenoxy) is 3. The molecule has 5 atom stereocenters. The summed E-state index contributed by atoms with van der Waals surface area (Å²) in [6.07, 6.45) is 79.4. The van der Waals surface area contributed by atoms with Gasteiger partial charge in [-0.2, -0.15) is 0 Å². The topological polar surface area (TPSA) is 78.9 Å². The molecule has 0 saturated carbocycles. The lowest BCUT2D eigenvalue weighted by atomic mass is 9.74. The first kappa shape index (κ1) is 60.8. The number of carbonyl (C=O) groups is 3. The van der Waals surface area contributed by atoms with E-state index in [4.69, 9.17) is 14.2 Å². The van der Waals surface area contributed by atoms with Crippen LogP contribution < -0.4 is 0 Å². The standard InChI is InChI=1S/C66H92O6/c1-7-11-12-13-14-15-16-17-18-19-20-21-23-26-29-33-42-57(8-2)61(67)70-55-60(72-63(69)59(10-4)44-35-41-48-65(6)51-53-66(54-52-65)49-38-32-39-50-66)56-71-62(68)58(9-3)43-34-40-47-64(5)45-36-30-27-24-22-25-28-31-37-46-64/h11-12,14-15,17-18,20-21,24-29,36-41,45-54,57-60H,7-10,13,16,19,22-23,30-35,42-44,55-56H2,1-6H3/b12-11-,15-14-,18-17-,21-20-,27-24-,28-25-,29-26-,45-36-,46-37?,47-40-,48-41-. The van der Waals surface area contributed by atoms with Gasteiger partial charge >= 0.3 is 17.9 Å². The molecule has 0 aromatic rings. The molecule has 0 aromatic heterocycles. The highest BCUT2D eigenvalue weighted by atomic mass is 16.6. The fourth-order valence-corrected chi connectivity index (χ4v) is 8.57. The lowest BCUT2D eigenvalue weighted by Gasteiger charge is -2.30. The molecule has 1 spiro atoms. The summed E-state index contributed by atoms with van der Waals surface area (Å²) >= 11 is 0. The Balaban J connectivity index is 1.58. The SMILES string of the molecule is CC/C=C\C/C=C\C/C=C\C/C=C\C/C=C\CCC(CC)C(=O)OCC(COC(=O)C(CC)CC/C=C\C1(C)C=CC/C=C\C/C=C\C/C=C\1)OC(=O)C(CC)CC/C=C\C1(C)C=CC2(C=CCC=C2)C=C1. The van der Waals surface area contributed by atoms with E-state index in [-0.39, 0.29) is 65.1 Å². The Morgan fingerprint density at radius 3 is 1.24 bits per heavy atom. The van der Waals surface area contributed by atoms with Crippen molar-refractivity contribution >= 4 is 17.9 Å². The van der Waals surface area contributed by atoms with Crippen molar-refractivity contribution < 1.29 is 28.6 Å². The van der Waals surface area contributed by atoms with E-state index in [1.807, 2.05) is 20.8 Å². The van der Waals surface area contributed by atoms with Gasteiger partial charge in [0, 0.05) is 16.2 Å². The lowest BCUT2D eigenvalue weighted by Crippen LogP contribution is -2.34. The molecule has 0 saturated heterocycles. The van der Waals surface area contributed by atoms with Gasteiger partial charge in [0.15, 0.2) is 6.10 Å². The highest BCUT2D eigenvalue weighted by Gasteiger charge is 2.29. The smallest absolute Gasteiger partial charge is 0.309 e. The van der Waals surface area contributed by atoms with Crippen molar-refractivity contribution in [2.24, 2.45) is 34.0 Å². The number of hydrogen-bond acceptors (Lipinski definition) is 6. The number of rotatable bonds is 31. The first-order valence-corrected chi connectivity index (χ1v) is 27.5. The minimum Gasteiger partial charge on any atom is -0.461 e. The van der Waals surface area contributed by atoms with E-state index < -0.39 is 6.10 Å². The summed E-state index contributed by atoms with van der Waals surface area (Å²) < 4.78 is 17.8. The maximum atomic E-state index is 13.8. The predicted molar refractivity (Wildman–Crippen MR) is 304 cm³/mol. The zero-order chi connectivity index (χ0) is 52.0. The van der Waals surface area contributed by atoms with E-state index in [0.29, 0.717) is 51.4 Å². The van der Waals surface area contributed by atoms with Gasteiger partial charge in [-0.3, -0.25) is 14.4 Å². The van der Waals surface area contributed by atoms with E-state index >= 15 is 0 Å². The molecule has 5 unspecified atom stereocenters. The number of allylic oxidation sites excluding steroid dienone is 30. The van der Waals surface area contributed by atoms with E-state index in [0.717, 1.165) is 64.2 Å². The molecule has 3 rings (SSSR count). The van der Waals surface area contributed by atoms with Gasteiger partial charge in [0.25, 0.3) is 0 Å². The van der Waals surface area contributed by atoms with E-state index in [2.05, 4.69) is 203 Å². The molecule has 6 nitrogen and oxygen atoms in total. The van der Waals surface area contributed by atoms with Gasteiger partial charge in [-0.1, -0.05) is 210 Å². The Morgan fingerprint density at radius 2 is 0.792 bits per heavy atom. The molecule has 0 N–H and O–H groups in total. The molecule has 0 amide bonds. The first-order chi connectivity index (χ1) is 35.0. The van der Waals surface area contributed by atoms with Gasteiger partial charge in [-0.25, -0.2) is 0 Å². The van der Waals surface area contributed by atoms with Crippen LogP contribution in [0.4, 0.5) is 0 Å². The van der Waals surface area contributed by atoms with Crippen LogP contribution in [0.25, 0.3) is 0 Å². The fraction of sp³-hybridized carbons (Fsp3) is 0.500. The Labute approximate surface area is 437 Å². The summed E-state index contributed by atoms with van der Waals surface area (Å²) in [4.78, 5) is 40.9. The molecular formula is C66H92O6. The summed E-state index contributed by atoms with van der Waals surface area (Å²) in [6.45, 7) is 12.1. The molecule has 0 aromatic carbocycles. The lowest BCUT2D eigenvalue weighted by molar-refractivity contribution is -0.172. The predicted octanol–water partition coefficient (Wildman–Crippen LogP) is 17.3.